The second kappa shape index (κ2) is 6.45. The van der Waals surface area contributed by atoms with Crippen LogP contribution in [0.5, 0.6) is 0 Å². The molecule has 0 heterocycles. The van der Waals surface area contributed by atoms with Gasteiger partial charge in [0.05, 0.1) is 4.90 Å². The Morgan fingerprint density at radius 1 is 1.44 bits per heavy atom. The van der Waals surface area contributed by atoms with Gasteiger partial charge in [-0.2, -0.15) is 11.8 Å². The molecule has 0 fully saturated rings. The van der Waals surface area contributed by atoms with Crippen LogP contribution in [-0.4, -0.2) is 26.5 Å². The smallest absolute Gasteiger partial charge is 0.241 e. The number of benzene rings is 1. The third-order valence-electron chi connectivity index (χ3n) is 2.61. The zero-order valence-electron chi connectivity index (χ0n) is 10.9. The first-order valence-electron chi connectivity index (χ1n) is 5.74. The molecule has 0 spiro atoms. The van der Waals surface area contributed by atoms with Crippen molar-refractivity contribution in [3.63, 3.8) is 0 Å². The number of nitrogens with two attached hydrogens (primary N) is 1. The van der Waals surface area contributed by atoms with E-state index in [0.717, 1.165) is 12.2 Å². The van der Waals surface area contributed by atoms with Crippen LogP contribution in [0.3, 0.4) is 0 Å². The Bertz CT molecular complexity index is 501. The fourth-order valence-corrected chi connectivity index (χ4v) is 3.74. The third-order valence-corrected chi connectivity index (χ3v) is 4.99. The second-order valence-electron chi connectivity index (χ2n) is 4.33. The number of thioether (sulfide) groups is 1. The molecule has 18 heavy (non-hydrogen) atoms. The van der Waals surface area contributed by atoms with Crippen molar-refractivity contribution in [1.29, 1.82) is 0 Å². The monoisotopic (exact) mass is 288 g/mol. The van der Waals surface area contributed by atoms with Gasteiger partial charge < -0.3 is 5.73 Å². The first-order chi connectivity index (χ1) is 8.36. The summed E-state index contributed by atoms with van der Waals surface area (Å²) in [5, 5.41) is 0. The molecule has 102 valence electrons. The van der Waals surface area contributed by atoms with Gasteiger partial charge in [0.15, 0.2) is 0 Å². The SMILES string of the molecule is CSCCC(C)NS(=O)(=O)c1cc(N)ccc1C. The van der Waals surface area contributed by atoms with E-state index in [-0.39, 0.29) is 10.9 Å². The molecule has 1 aromatic rings. The molecule has 0 bridgehead atoms. The van der Waals surface area contributed by atoms with Crippen LogP contribution in [0.2, 0.25) is 0 Å². The molecule has 0 aromatic heterocycles. The minimum atomic E-state index is -3.48. The number of aryl methyl sites for hydroxylation is 1. The van der Waals surface area contributed by atoms with Gasteiger partial charge in [0.1, 0.15) is 0 Å². The van der Waals surface area contributed by atoms with Gasteiger partial charge in [-0.05, 0) is 50.0 Å². The van der Waals surface area contributed by atoms with Crippen molar-refractivity contribution in [3.05, 3.63) is 23.8 Å². The summed E-state index contributed by atoms with van der Waals surface area (Å²) in [6, 6.07) is 4.84. The first-order valence-corrected chi connectivity index (χ1v) is 8.62. The molecule has 4 nitrogen and oxygen atoms in total. The first kappa shape index (κ1) is 15.3. The van der Waals surface area contributed by atoms with Gasteiger partial charge in [0, 0.05) is 11.7 Å². The Kier molecular flexibility index (Phi) is 5.49. The van der Waals surface area contributed by atoms with E-state index < -0.39 is 10.0 Å². The van der Waals surface area contributed by atoms with Crippen molar-refractivity contribution in [3.8, 4) is 0 Å². The van der Waals surface area contributed by atoms with Crippen LogP contribution in [-0.2, 0) is 10.0 Å². The number of hydrogen-bond donors (Lipinski definition) is 2. The Balaban J connectivity index is 2.89. The van der Waals surface area contributed by atoms with Gasteiger partial charge in [-0.1, -0.05) is 6.07 Å². The molecule has 0 radical (unpaired) electrons. The van der Waals surface area contributed by atoms with Gasteiger partial charge in [-0.3, -0.25) is 0 Å². The summed E-state index contributed by atoms with van der Waals surface area (Å²) < 4.78 is 27.1. The maximum Gasteiger partial charge on any atom is 0.241 e. The highest BCUT2D eigenvalue weighted by Gasteiger charge is 2.19. The Labute approximate surface area is 113 Å². The second-order valence-corrected chi connectivity index (χ2v) is 7.00. The van der Waals surface area contributed by atoms with E-state index in [4.69, 9.17) is 5.73 Å². The molecular formula is C12H20N2O2S2. The molecule has 0 saturated carbocycles. The number of hydrogen-bond acceptors (Lipinski definition) is 4. The summed E-state index contributed by atoms with van der Waals surface area (Å²) >= 11 is 1.70. The van der Waals surface area contributed by atoms with Crippen molar-refractivity contribution in [1.82, 2.24) is 4.72 Å². The lowest BCUT2D eigenvalue weighted by Crippen LogP contribution is -2.33. The fraction of sp³-hybridized carbons (Fsp3) is 0.500. The molecule has 6 heteroatoms. The molecule has 0 aliphatic heterocycles. The minimum absolute atomic E-state index is 0.0803. The topological polar surface area (TPSA) is 72.2 Å². The number of anilines is 1. The van der Waals surface area contributed by atoms with Crippen molar-refractivity contribution in [2.75, 3.05) is 17.7 Å². The predicted octanol–water partition coefficient (Wildman–Crippen LogP) is 2.00. The third kappa shape index (κ3) is 4.19. The zero-order valence-corrected chi connectivity index (χ0v) is 12.6. The van der Waals surface area contributed by atoms with Crippen LogP contribution < -0.4 is 10.5 Å². The van der Waals surface area contributed by atoms with Crippen LogP contribution in [0.1, 0.15) is 18.9 Å². The fourth-order valence-electron chi connectivity index (χ4n) is 1.59. The summed E-state index contributed by atoms with van der Waals surface area (Å²) in [5.74, 6) is 0.930. The highest BCUT2D eigenvalue weighted by molar-refractivity contribution is 7.98. The average molecular weight is 288 g/mol. The minimum Gasteiger partial charge on any atom is -0.399 e. The van der Waals surface area contributed by atoms with E-state index in [1.54, 1.807) is 30.8 Å². The Hall–Kier alpha value is -0.720. The summed E-state index contributed by atoms with van der Waals surface area (Å²) in [5.41, 5.74) is 6.80. The molecule has 1 atom stereocenters. The quantitative estimate of drug-likeness (QED) is 0.785. The number of nitrogens with one attached hydrogen (secondary N) is 1. The highest BCUT2D eigenvalue weighted by Crippen LogP contribution is 2.18. The molecular weight excluding hydrogens is 268 g/mol. The molecule has 0 aliphatic carbocycles. The summed E-state index contributed by atoms with van der Waals surface area (Å²) in [6.07, 6.45) is 2.81. The lowest BCUT2D eigenvalue weighted by molar-refractivity contribution is 0.556. The highest BCUT2D eigenvalue weighted by atomic mass is 32.2. The largest absolute Gasteiger partial charge is 0.399 e. The van der Waals surface area contributed by atoms with E-state index in [9.17, 15) is 8.42 Å². The van der Waals surface area contributed by atoms with Gasteiger partial charge in [-0.15, -0.1) is 0 Å². The van der Waals surface area contributed by atoms with Crippen LogP contribution >= 0.6 is 11.8 Å². The summed E-state index contributed by atoms with van der Waals surface area (Å²) in [4.78, 5) is 0.263. The van der Waals surface area contributed by atoms with Crippen LogP contribution in [0.15, 0.2) is 23.1 Å². The van der Waals surface area contributed by atoms with E-state index >= 15 is 0 Å². The van der Waals surface area contributed by atoms with Gasteiger partial charge >= 0.3 is 0 Å². The number of rotatable bonds is 6. The van der Waals surface area contributed by atoms with Gasteiger partial charge in [-0.25, -0.2) is 13.1 Å². The van der Waals surface area contributed by atoms with Crippen molar-refractivity contribution in [2.45, 2.75) is 31.2 Å². The van der Waals surface area contributed by atoms with E-state index in [1.165, 1.54) is 6.07 Å². The maximum atomic E-state index is 12.2. The molecule has 1 unspecified atom stereocenters. The van der Waals surface area contributed by atoms with E-state index in [2.05, 4.69) is 4.72 Å². The predicted molar refractivity (Wildman–Crippen MR) is 78.4 cm³/mol. The summed E-state index contributed by atoms with van der Waals surface area (Å²) in [7, 11) is -3.48. The molecule has 0 saturated heterocycles. The van der Waals surface area contributed by atoms with Gasteiger partial charge in [0.2, 0.25) is 10.0 Å². The lowest BCUT2D eigenvalue weighted by atomic mass is 10.2. The molecule has 3 N–H and O–H groups in total. The molecule has 0 aliphatic rings. The van der Waals surface area contributed by atoms with Crippen molar-refractivity contribution in [2.24, 2.45) is 0 Å². The number of sulfonamides is 1. The maximum absolute atomic E-state index is 12.2. The lowest BCUT2D eigenvalue weighted by Gasteiger charge is -2.15. The standard InChI is InChI=1S/C12H20N2O2S2/c1-9-4-5-11(13)8-12(9)18(15,16)14-10(2)6-7-17-3/h4-5,8,10,14H,6-7,13H2,1-3H3. The average Bonchev–Trinajstić information content (AvgIpc) is 2.29. The normalized spacial score (nSPS) is 13.5. The Morgan fingerprint density at radius 3 is 2.72 bits per heavy atom. The van der Waals surface area contributed by atoms with Crippen LogP contribution in [0.4, 0.5) is 5.69 Å². The van der Waals surface area contributed by atoms with Crippen LogP contribution in [0, 0.1) is 6.92 Å². The molecule has 0 amide bonds. The zero-order chi connectivity index (χ0) is 13.8. The van der Waals surface area contributed by atoms with Crippen molar-refractivity contribution < 1.29 is 8.42 Å². The summed E-state index contributed by atoms with van der Waals surface area (Å²) in [6.45, 7) is 3.63. The van der Waals surface area contributed by atoms with Gasteiger partial charge in [0.25, 0.3) is 0 Å². The number of nitrogen functional groups attached to an aromatic ring is 1. The Morgan fingerprint density at radius 2 is 2.11 bits per heavy atom. The van der Waals surface area contributed by atoms with Crippen LogP contribution in [0.25, 0.3) is 0 Å². The van der Waals surface area contributed by atoms with E-state index in [1.807, 2.05) is 13.2 Å². The molecule has 1 aromatic carbocycles. The van der Waals surface area contributed by atoms with Crippen molar-refractivity contribution >= 4 is 27.5 Å². The molecule has 1 rings (SSSR count). The van der Waals surface area contributed by atoms with E-state index in [0.29, 0.717) is 11.3 Å².